The average Bonchev–Trinajstić information content (AvgIpc) is 3.59. The summed E-state index contributed by atoms with van der Waals surface area (Å²) in [5.41, 5.74) is 3.71. The van der Waals surface area contributed by atoms with Gasteiger partial charge in [0, 0.05) is 12.2 Å². The molecule has 2 amide bonds. The van der Waals surface area contributed by atoms with Gasteiger partial charge < -0.3 is 14.2 Å². The van der Waals surface area contributed by atoms with Crippen LogP contribution in [0.5, 0.6) is 5.75 Å². The summed E-state index contributed by atoms with van der Waals surface area (Å²) in [5, 5.41) is 1.88. The molecule has 0 saturated carbocycles. The maximum atomic E-state index is 14.1. The van der Waals surface area contributed by atoms with Gasteiger partial charge in [-0.2, -0.15) is 0 Å². The van der Waals surface area contributed by atoms with E-state index in [0.29, 0.717) is 4.88 Å². The third kappa shape index (κ3) is 4.12. The number of methoxy groups -OCH3 is 1. The molecule has 2 aromatic carbocycles. The van der Waals surface area contributed by atoms with Crippen LogP contribution < -0.4 is 9.64 Å². The second-order valence-corrected chi connectivity index (χ2v) is 9.68. The first kappa shape index (κ1) is 22.9. The molecule has 7 heteroatoms. The normalized spacial score (nSPS) is 14.4. The van der Waals surface area contributed by atoms with Crippen LogP contribution in [0.25, 0.3) is 5.69 Å². The molecule has 0 aliphatic carbocycles. The summed E-state index contributed by atoms with van der Waals surface area (Å²) in [4.78, 5) is 31.4. The van der Waals surface area contributed by atoms with Gasteiger partial charge >= 0.3 is 0 Å². The second-order valence-electron chi connectivity index (χ2n) is 8.74. The molecule has 0 bridgehead atoms. The highest BCUT2D eigenvalue weighted by atomic mass is 32.1. The van der Waals surface area contributed by atoms with Crippen molar-refractivity contribution in [3.63, 3.8) is 0 Å². The molecule has 0 fully saturated rings. The SMILES string of the molecule is COc1ccc(C2c3cccn3-c3ccccc3N2C(=O)CN(C(=O)c2cccs2)C(C)C)cc1. The van der Waals surface area contributed by atoms with Crippen molar-refractivity contribution in [2.24, 2.45) is 0 Å². The molecular weight excluding hydrogens is 458 g/mol. The van der Waals surface area contributed by atoms with Crippen molar-refractivity contribution >= 4 is 28.8 Å². The molecule has 0 radical (unpaired) electrons. The number of para-hydroxylation sites is 2. The van der Waals surface area contributed by atoms with Crippen LogP contribution in [0.15, 0.2) is 84.4 Å². The predicted molar refractivity (Wildman–Crippen MR) is 139 cm³/mol. The van der Waals surface area contributed by atoms with Crippen LogP contribution in [0.4, 0.5) is 5.69 Å². The number of fused-ring (bicyclic) bond motifs is 3. The van der Waals surface area contributed by atoms with Crippen molar-refractivity contribution in [3.05, 3.63) is 101 Å². The number of benzene rings is 2. The highest BCUT2D eigenvalue weighted by Gasteiger charge is 2.37. The minimum absolute atomic E-state index is 0.0178. The van der Waals surface area contributed by atoms with Crippen molar-refractivity contribution in [2.45, 2.75) is 25.9 Å². The molecule has 3 heterocycles. The molecule has 1 unspecified atom stereocenters. The molecule has 35 heavy (non-hydrogen) atoms. The van der Waals surface area contributed by atoms with E-state index in [1.165, 1.54) is 11.3 Å². The fourth-order valence-corrected chi connectivity index (χ4v) is 5.30. The van der Waals surface area contributed by atoms with E-state index in [1.807, 2.05) is 97.1 Å². The smallest absolute Gasteiger partial charge is 0.264 e. The van der Waals surface area contributed by atoms with Gasteiger partial charge in [0.05, 0.1) is 29.1 Å². The van der Waals surface area contributed by atoms with Gasteiger partial charge in [0.2, 0.25) is 5.91 Å². The van der Waals surface area contributed by atoms with Gasteiger partial charge in [0.1, 0.15) is 18.3 Å². The number of thiophene rings is 1. The Balaban J connectivity index is 1.58. The number of hydrogen-bond acceptors (Lipinski definition) is 4. The summed E-state index contributed by atoms with van der Waals surface area (Å²) < 4.78 is 7.48. The van der Waals surface area contributed by atoms with E-state index >= 15 is 0 Å². The van der Waals surface area contributed by atoms with Gasteiger partial charge in [-0.25, -0.2) is 0 Å². The third-order valence-corrected chi connectivity index (χ3v) is 7.20. The Morgan fingerprint density at radius 1 is 0.971 bits per heavy atom. The lowest BCUT2D eigenvalue weighted by atomic mass is 9.97. The van der Waals surface area contributed by atoms with Gasteiger partial charge in [-0.05, 0) is 67.3 Å². The first-order chi connectivity index (χ1) is 17.0. The van der Waals surface area contributed by atoms with E-state index in [9.17, 15) is 9.59 Å². The van der Waals surface area contributed by atoms with Gasteiger partial charge in [-0.1, -0.05) is 30.3 Å². The zero-order chi connectivity index (χ0) is 24.5. The molecule has 4 aromatic rings. The Bertz CT molecular complexity index is 1340. The molecule has 0 spiro atoms. The van der Waals surface area contributed by atoms with Crippen molar-refractivity contribution in [1.29, 1.82) is 0 Å². The van der Waals surface area contributed by atoms with Gasteiger partial charge in [0.25, 0.3) is 5.91 Å². The molecule has 1 aliphatic rings. The van der Waals surface area contributed by atoms with Gasteiger partial charge in [0.15, 0.2) is 0 Å². The molecule has 0 N–H and O–H groups in total. The molecule has 6 nitrogen and oxygen atoms in total. The highest BCUT2D eigenvalue weighted by molar-refractivity contribution is 7.12. The summed E-state index contributed by atoms with van der Waals surface area (Å²) in [5.74, 6) is 0.494. The molecular formula is C28H27N3O3S. The monoisotopic (exact) mass is 485 g/mol. The molecule has 5 rings (SSSR count). The lowest BCUT2D eigenvalue weighted by molar-refractivity contribution is -0.120. The largest absolute Gasteiger partial charge is 0.497 e. The van der Waals surface area contributed by atoms with Crippen LogP contribution in [0.3, 0.4) is 0 Å². The summed E-state index contributed by atoms with van der Waals surface area (Å²) in [6.45, 7) is 3.86. The number of carbonyl (C=O) groups excluding carboxylic acids is 2. The Labute approximate surface area is 209 Å². The van der Waals surface area contributed by atoms with Crippen LogP contribution in [-0.2, 0) is 4.79 Å². The number of rotatable bonds is 6. The Morgan fingerprint density at radius 2 is 1.71 bits per heavy atom. The van der Waals surface area contributed by atoms with Crippen molar-refractivity contribution < 1.29 is 14.3 Å². The maximum Gasteiger partial charge on any atom is 0.264 e. The van der Waals surface area contributed by atoms with Crippen LogP contribution >= 0.6 is 11.3 Å². The third-order valence-electron chi connectivity index (χ3n) is 6.34. The highest BCUT2D eigenvalue weighted by Crippen LogP contribution is 2.42. The maximum absolute atomic E-state index is 14.1. The molecule has 178 valence electrons. The number of hydrogen-bond donors (Lipinski definition) is 0. The van der Waals surface area contributed by atoms with E-state index in [4.69, 9.17) is 4.74 Å². The predicted octanol–water partition coefficient (Wildman–Crippen LogP) is 5.53. The summed E-state index contributed by atoms with van der Waals surface area (Å²) in [7, 11) is 1.64. The lowest BCUT2D eigenvalue weighted by Gasteiger charge is -2.40. The minimum atomic E-state index is -0.343. The van der Waals surface area contributed by atoms with Crippen molar-refractivity contribution in [1.82, 2.24) is 9.47 Å². The van der Waals surface area contributed by atoms with E-state index in [2.05, 4.69) is 4.57 Å². The molecule has 0 saturated heterocycles. The van der Waals surface area contributed by atoms with E-state index in [-0.39, 0.29) is 30.4 Å². The number of carbonyl (C=O) groups is 2. The van der Waals surface area contributed by atoms with Crippen molar-refractivity contribution in [3.8, 4) is 11.4 Å². The fourth-order valence-electron chi connectivity index (χ4n) is 4.62. The number of anilines is 1. The van der Waals surface area contributed by atoms with Crippen molar-refractivity contribution in [2.75, 3.05) is 18.6 Å². The Kier molecular flexibility index (Phi) is 6.17. The van der Waals surface area contributed by atoms with E-state index < -0.39 is 0 Å². The van der Waals surface area contributed by atoms with Crippen LogP contribution in [0, 0.1) is 0 Å². The fraction of sp³-hybridized carbons (Fsp3) is 0.214. The summed E-state index contributed by atoms with van der Waals surface area (Å²) >= 11 is 1.39. The second kappa shape index (κ2) is 9.43. The number of nitrogens with zero attached hydrogens (tertiary/aromatic N) is 3. The van der Waals surface area contributed by atoms with Crippen LogP contribution in [0.2, 0.25) is 0 Å². The number of ether oxygens (including phenoxy) is 1. The first-order valence-corrected chi connectivity index (χ1v) is 12.4. The zero-order valence-corrected chi connectivity index (χ0v) is 20.7. The standard InChI is InChI=1S/C28H27N3O3S/c1-19(2)30(28(33)25-11-7-17-35-25)18-26(32)31-23-9-5-4-8-22(23)29-16-6-10-24(29)27(31)20-12-14-21(34-3)15-13-20/h4-17,19,27H,18H2,1-3H3. The van der Waals surface area contributed by atoms with Crippen LogP contribution in [-0.4, -0.2) is 41.0 Å². The van der Waals surface area contributed by atoms with Gasteiger partial charge in [-0.3, -0.25) is 14.5 Å². The van der Waals surface area contributed by atoms with Gasteiger partial charge in [-0.15, -0.1) is 11.3 Å². The number of aromatic nitrogens is 1. The molecule has 2 aromatic heterocycles. The average molecular weight is 486 g/mol. The Hall–Kier alpha value is -3.84. The van der Waals surface area contributed by atoms with E-state index in [0.717, 1.165) is 28.4 Å². The lowest BCUT2D eigenvalue weighted by Crippen LogP contribution is -2.48. The first-order valence-electron chi connectivity index (χ1n) is 11.6. The zero-order valence-electron chi connectivity index (χ0n) is 19.9. The summed E-state index contributed by atoms with van der Waals surface area (Å²) in [6, 6.07) is 22.9. The van der Waals surface area contributed by atoms with Crippen LogP contribution in [0.1, 0.15) is 40.8 Å². The Morgan fingerprint density at radius 3 is 2.37 bits per heavy atom. The topological polar surface area (TPSA) is 54.8 Å². The summed E-state index contributed by atoms with van der Waals surface area (Å²) in [6.07, 6.45) is 2.02. The quantitative estimate of drug-likeness (QED) is 0.361. The minimum Gasteiger partial charge on any atom is -0.497 e. The molecule has 1 atom stereocenters. The number of amides is 2. The van der Waals surface area contributed by atoms with E-state index in [1.54, 1.807) is 18.1 Å². The molecule has 1 aliphatic heterocycles.